The molecule has 0 aromatic carbocycles. The van der Waals surface area contributed by atoms with E-state index in [0.29, 0.717) is 11.3 Å². The molecule has 0 radical (unpaired) electrons. The van der Waals surface area contributed by atoms with Gasteiger partial charge in [0, 0.05) is 6.08 Å². The molecule has 0 aliphatic heterocycles. The minimum absolute atomic E-state index is 0.236. The summed E-state index contributed by atoms with van der Waals surface area (Å²) >= 11 is 0. The molecule has 0 aromatic rings. The Hall–Kier alpha value is -1.52. The molecule has 1 saturated carbocycles. The van der Waals surface area contributed by atoms with Gasteiger partial charge < -0.3 is 14.9 Å². The summed E-state index contributed by atoms with van der Waals surface area (Å²) in [5.74, 6) is 0.315. The number of esters is 1. The first-order valence-electron chi connectivity index (χ1n) is 5.77. The standard InChI is InChI=1S/C12H20O2.CH2O3/c1-11(2,3)14-10(13)7-6-9-8-12(9,4)5;2-1(3)4/h6-7,9H,8H2,1-5H3;(H2,2,3,4)/b7-6-;/t9-;/m0./s1. The summed E-state index contributed by atoms with van der Waals surface area (Å²) in [5.41, 5.74) is -0.000987. The molecule has 0 heterocycles. The maximum Gasteiger partial charge on any atom is 0.503 e. The van der Waals surface area contributed by atoms with E-state index in [0.717, 1.165) is 0 Å². The fourth-order valence-electron chi connectivity index (χ4n) is 1.37. The van der Waals surface area contributed by atoms with Gasteiger partial charge in [-0.15, -0.1) is 0 Å². The Kier molecular flexibility index (Phi) is 5.39. The van der Waals surface area contributed by atoms with Crippen molar-refractivity contribution in [2.24, 2.45) is 11.3 Å². The number of ether oxygens (including phenoxy) is 1. The van der Waals surface area contributed by atoms with E-state index in [1.54, 1.807) is 6.08 Å². The molecule has 1 fully saturated rings. The molecule has 18 heavy (non-hydrogen) atoms. The van der Waals surface area contributed by atoms with Crippen LogP contribution in [0, 0.1) is 11.3 Å². The van der Waals surface area contributed by atoms with Crippen molar-refractivity contribution in [2.75, 3.05) is 0 Å². The van der Waals surface area contributed by atoms with Gasteiger partial charge in [-0.3, -0.25) is 0 Å². The molecule has 1 atom stereocenters. The van der Waals surface area contributed by atoms with Gasteiger partial charge in [-0.1, -0.05) is 19.9 Å². The van der Waals surface area contributed by atoms with Gasteiger partial charge in [-0.25, -0.2) is 9.59 Å². The highest BCUT2D eigenvalue weighted by molar-refractivity contribution is 5.82. The van der Waals surface area contributed by atoms with Crippen molar-refractivity contribution in [3.8, 4) is 0 Å². The van der Waals surface area contributed by atoms with Crippen LogP contribution in [0.4, 0.5) is 4.79 Å². The predicted octanol–water partition coefficient (Wildman–Crippen LogP) is 3.15. The summed E-state index contributed by atoms with van der Waals surface area (Å²) in [7, 11) is 0. The molecule has 5 nitrogen and oxygen atoms in total. The lowest BCUT2D eigenvalue weighted by Gasteiger charge is -2.17. The number of carbonyl (C=O) groups is 2. The van der Waals surface area contributed by atoms with Gasteiger partial charge in [0.05, 0.1) is 0 Å². The largest absolute Gasteiger partial charge is 0.503 e. The molecule has 0 unspecified atom stereocenters. The Morgan fingerprint density at radius 3 is 1.94 bits per heavy atom. The molecule has 0 bridgehead atoms. The molecule has 5 heteroatoms. The smallest absolute Gasteiger partial charge is 0.457 e. The fraction of sp³-hybridized carbons (Fsp3) is 0.692. The quantitative estimate of drug-likeness (QED) is 0.587. The minimum atomic E-state index is -1.83. The van der Waals surface area contributed by atoms with E-state index in [1.807, 2.05) is 26.8 Å². The molecule has 0 amide bonds. The summed E-state index contributed by atoms with van der Waals surface area (Å²) in [6.07, 6.45) is 2.87. The number of allylic oxidation sites excluding steroid dienone is 1. The number of carbonyl (C=O) groups excluding carboxylic acids is 1. The number of hydrogen-bond donors (Lipinski definition) is 2. The second-order valence-electron chi connectivity index (χ2n) is 5.97. The van der Waals surface area contributed by atoms with Crippen molar-refractivity contribution in [3.63, 3.8) is 0 Å². The van der Waals surface area contributed by atoms with Gasteiger partial charge in [-0.2, -0.15) is 0 Å². The monoisotopic (exact) mass is 258 g/mol. The maximum atomic E-state index is 11.3. The summed E-state index contributed by atoms with van der Waals surface area (Å²) in [5, 5.41) is 13.9. The molecule has 2 N–H and O–H groups in total. The van der Waals surface area contributed by atoms with Crippen molar-refractivity contribution in [1.82, 2.24) is 0 Å². The molecular weight excluding hydrogens is 236 g/mol. The first kappa shape index (κ1) is 16.5. The predicted molar refractivity (Wildman–Crippen MR) is 67.5 cm³/mol. The van der Waals surface area contributed by atoms with Crippen LogP contribution < -0.4 is 0 Å². The van der Waals surface area contributed by atoms with Gasteiger partial charge in [-0.05, 0) is 38.5 Å². The van der Waals surface area contributed by atoms with Crippen LogP contribution in [-0.2, 0) is 9.53 Å². The first-order chi connectivity index (χ1) is 7.94. The lowest BCUT2D eigenvalue weighted by atomic mass is 10.1. The Morgan fingerprint density at radius 2 is 1.67 bits per heavy atom. The third-order valence-corrected chi connectivity index (χ3v) is 2.46. The second kappa shape index (κ2) is 5.89. The highest BCUT2D eigenvalue weighted by Gasteiger charge is 2.43. The van der Waals surface area contributed by atoms with Gasteiger partial charge in [0.2, 0.25) is 0 Å². The van der Waals surface area contributed by atoms with Crippen LogP contribution in [0.3, 0.4) is 0 Å². The lowest BCUT2D eigenvalue weighted by molar-refractivity contribution is -0.148. The molecule has 104 valence electrons. The van der Waals surface area contributed by atoms with Crippen molar-refractivity contribution >= 4 is 12.1 Å². The van der Waals surface area contributed by atoms with Crippen LogP contribution in [0.2, 0.25) is 0 Å². The zero-order valence-corrected chi connectivity index (χ0v) is 11.6. The number of hydrogen-bond acceptors (Lipinski definition) is 3. The van der Waals surface area contributed by atoms with Crippen LogP contribution in [0.25, 0.3) is 0 Å². The molecule has 1 aliphatic carbocycles. The first-order valence-corrected chi connectivity index (χ1v) is 5.77. The van der Waals surface area contributed by atoms with E-state index in [2.05, 4.69) is 13.8 Å². The third-order valence-electron chi connectivity index (χ3n) is 2.46. The molecule has 0 aromatic heterocycles. The average molecular weight is 258 g/mol. The van der Waals surface area contributed by atoms with E-state index in [4.69, 9.17) is 19.7 Å². The normalized spacial score (nSPS) is 20.8. The number of carboxylic acid groups (broad SMARTS) is 2. The Morgan fingerprint density at radius 1 is 1.28 bits per heavy atom. The minimum Gasteiger partial charge on any atom is -0.457 e. The van der Waals surface area contributed by atoms with Crippen molar-refractivity contribution < 1.29 is 24.5 Å². The van der Waals surface area contributed by atoms with E-state index in [9.17, 15) is 4.79 Å². The third kappa shape index (κ3) is 8.61. The molecule has 1 aliphatic rings. The summed E-state index contributed by atoms with van der Waals surface area (Å²) in [6, 6.07) is 0. The fourth-order valence-corrected chi connectivity index (χ4v) is 1.37. The van der Waals surface area contributed by atoms with Crippen LogP contribution in [-0.4, -0.2) is 27.9 Å². The zero-order chi connectivity index (χ0) is 14.6. The van der Waals surface area contributed by atoms with Crippen LogP contribution in [0.1, 0.15) is 41.0 Å². The molecule has 0 spiro atoms. The van der Waals surface area contributed by atoms with Crippen molar-refractivity contribution in [1.29, 1.82) is 0 Å². The Balaban J connectivity index is 0.000000631. The lowest BCUT2D eigenvalue weighted by Crippen LogP contribution is -2.22. The Bertz CT molecular complexity index is 332. The highest BCUT2D eigenvalue weighted by Crippen LogP contribution is 2.52. The summed E-state index contributed by atoms with van der Waals surface area (Å²) in [6.45, 7) is 10.0. The molecular formula is C13H22O5. The van der Waals surface area contributed by atoms with E-state index < -0.39 is 6.16 Å². The molecule has 1 rings (SSSR count). The number of rotatable bonds is 2. The van der Waals surface area contributed by atoms with Crippen molar-refractivity contribution in [3.05, 3.63) is 12.2 Å². The summed E-state index contributed by atoms with van der Waals surface area (Å²) in [4.78, 5) is 19.8. The van der Waals surface area contributed by atoms with E-state index in [1.165, 1.54) is 6.42 Å². The van der Waals surface area contributed by atoms with Crippen LogP contribution in [0.5, 0.6) is 0 Å². The van der Waals surface area contributed by atoms with E-state index >= 15 is 0 Å². The van der Waals surface area contributed by atoms with Crippen LogP contribution >= 0.6 is 0 Å². The highest BCUT2D eigenvalue weighted by atomic mass is 16.6. The summed E-state index contributed by atoms with van der Waals surface area (Å²) < 4.78 is 5.16. The Labute approximate surface area is 107 Å². The van der Waals surface area contributed by atoms with Gasteiger partial charge in [0.1, 0.15) is 5.60 Å². The average Bonchev–Trinajstić information content (AvgIpc) is 2.66. The zero-order valence-electron chi connectivity index (χ0n) is 11.6. The maximum absolute atomic E-state index is 11.3. The topological polar surface area (TPSA) is 83.8 Å². The SMILES string of the molecule is CC(C)(C)OC(=O)/C=C\[C@H]1CC1(C)C.O=C(O)O. The van der Waals surface area contributed by atoms with Crippen LogP contribution in [0.15, 0.2) is 12.2 Å². The van der Waals surface area contributed by atoms with Crippen molar-refractivity contribution in [2.45, 2.75) is 46.6 Å². The van der Waals surface area contributed by atoms with E-state index in [-0.39, 0.29) is 11.6 Å². The van der Waals surface area contributed by atoms with Gasteiger partial charge in [0.15, 0.2) is 0 Å². The van der Waals surface area contributed by atoms with Gasteiger partial charge in [0.25, 0.3) is 0 Å². The van der Waals surface area contributed by atoms with Gasteiger partial charge >= 0.3 is 12.1 Å². The second-order valence-corrected chi connectivity index (χ2v) is 5.97. The molecule has 0 saturated heterocycles.